The van der Waals surface area contributed by atoms with E-state index in [1.54, 1.807) is 24.3 Å². The van der Waals surface area contributed by atoms with Gasteiger partial charge in [-0.2, -0.15) is 14.7 Å². The van der Waals surface area contributed by atoms with Crippen LogP contribution in [0.1, 0.15) is 75.3 Å². The molecule has 0 bridgehead atoms. The molecule has 1 saturated carbocycles. The smallest absolute Gasteiger partial charge is 0.331 e. The molecule has 0 saturated heterocycles. The van der Waals surface area contributed by atoms with E-state index in [0.29, 0.717) is 81.1 Å². The van der Waals surface area contributed by atoms with Crippen molar-refractivity contribution in [2.45, 2.75) is 76.4 Å². The molecule has 3 rings (SSSR count). The minimum absolute atomic E-state index is 0.0483. The van der Waals surface area contributed by atoms with E-state index in [0.717, 1.165) is 24.5 Å². The average molecular weight is 1150 g/mol. The second kappa shape index (κ2) is 43.0. The molecule has 2 aromatic rings. The Labute approximate surface area is 477 Å². The van der Waals surface area contributed by atoms with Crippen molar-refractivity contribution in [2.24, 2.45) is 0 Å². The Bertz CT molecular complexity index is 2540. The zero-order valence-electron chi connectivity index (χ0n) is 46.0. The molecule has 1 aliphatic carbocycles. The van der Waals surface area contributed by atoms with E-state index in [9.17, 15) is 24.0 Å². The summed E-state index contributed by atoms with van der Waals surface area (Å²) in [7, 11) is 0. The fourth-order valence-electron chi connectivity index (χ4n) is 6.81. The molecule has 0 aliphatic heterocycles. The summed E-state index contributed by atoms with van der Waals surface area (Å²) in [5.74, 6) is -1.46. The Morgan fingerprint density at radius 2 is 0.707 bits per heavy atom. The van der Waals surface area contributed by atoms with Crippen molar-refractivity contribution in [1.82, 2.24) is 0 Å². The molecule has 1 aliphatic rings. The Kier molecular flexibility index (Phi) is 35.3. The number of hydrogen-bond donors (Lipinski definition) is 0. The molecule has 22 heteroatoms. The molecule has 2 aromatic carbocycles. The van der Waals surface area contributed by atoms with Crippen LogP contribution in [0.3, 0.4) is 0 Å². The third-order valence-corrected chi connectivity index (χ3v) is 10.5. The van der Waals surface area contributed by atoms with Gasteiger partial charge >= 0.3 is 29.8 Å². The van der Waals surface area contributed by atoms with E-state index in [-0.39, 0.29) is 108 Å². The summed E-state index contributed by atoms with van der Waals surface area (Å²) >= 11 is 0. The van der Waals surface area contributed by atoms with Crippen molar-refractivity contribution in [3.05, 3.63) is 141 Å². The lowest BCUT2D eigenvalue weighted by Crippen LogP contribution is -2.29. The van der Waals surface area contributed by atoms with Gasteiger partial charge in [0.2, 0.25) is 11.5 Å². The lowest BCUT2D eigenvalue weighted by molar-refractivity contribution is -0.249. The minimum atomic E-state index is -0.629. The third-order valence-electron chi connectivity index (χ3n) is 10.5. The highest BCUT2D eigenvalue weighted by molar-refractivity contribution is 5.89. The fraction of sp³-hybridized carbons (Fsp3) is 0.400. The topological polar surface area (TPSA) is 242 Å². The number of rotatable bonds is 45. The molecule has 0 aromatic heterocycles. The lowest BCUT2D eigenvalue weighted by atomic mass is 9.95. The van der Waals surface area contributed by atoms with Crippen LogP contribution in [-0.2, 0) is 77.0 Å². The Morgan fingerprint density at radius 3 is 1.02 bits per heavy atom. The molecule has 0 amide bonds. The van der Waals surface area contributed by atoms with Crippen molar-refractivity contribution in [3.63, 3.8) is 0 Å². The van der Waals surface area contributed by atoms with E-state index in [1.165, 1.54) is 36.8 Å². The highest BCUT2D eigenvalue weighted by Crippen LogP contribution is 2.43. The quantitative estimate of drug-likeness (QED) is 0.00876. The molecule has 0 radical (unpaired) electrons. The van der Waals surface area contributed by atoms with Gasteiger partial charge in [-0.15, -0.1) is 0 Å². The molecule has 22 nitrogen and oxygen atoms in total. The largest absolute Gasteiger partial charge is 0.489 e. The predicted octanol–water partition coefficient (Wildman–Crippen LogP) is 9.35. The van der Waals surface area contributed by atoms with Crippen LogP contribution in [0.25, 0.3) is 12.2 Å². The first kappa shape index (κ1) is 67.4. The molecule has 0 spiro atoms. The van der Waals surface area contributed by atoms with Crippen LogP contribution >= 0.6 is 0 Å². The molecular weight excluding hydrogens is 1070 g/mol. The summed E-state index contributed by atoms with van der Waals surface area (Å²) in [4.78, 5) is 91.1. The van der Waals surface area contributed by atoms with Crippen LogP contribution in [0.5, 0.6) is 34.5 Å². The van der Waals surface area contributed by atoms with Gasteiger partial charge in [0.1, 0.15) is 12.2 Å². The maximum atomic E-state index is 13.3. The molecule has 0 heterocycles. The molecule has 0 atom stereocenters. The van der Waals surface area contributed by atoms with Crippen molar-refractivity contribution in [3.8, 4) is 34.5 Å². The minimum Gasteiger partial charge on any atom is -0.489 e. The van der Waals surface area contributed by atoms with Crippen LogP contribution < -0.4 is 28.4 Å². The van der Waals surface area contributed by atoms with E-state index in [1.807, 2.05) is 0 Å². The molecule has 1 fully saturated rings. The van der Waals surface area contributed by atoms with Gasteiger partial charge in [-0.1, -0.05) is 56.7 Å². The van der Waals surface area contributed by atoms with Gasteiger partial charge in [0, 0.05) is 80.0 Å². The first-order valence-electron chi connectivity index (χ1n) is 26.2. The van der Waals surface area contributed by atoms with Gasteiger partial charge in [0.05, 0.1) is 79.3 Å². The van der Waals surface area contributed by atoms with Crippen LogP contribution in [0.15, 0.2) is 130 Å². The third kappa shape index (κ3) is 28.8. The van der Waals surface area contributed by atoms with Gasteiger partial charge in [-0.3, -0.25) is 0 Å². The van der Waals surface area contributed by atoms with Crippen LogP contribution in [-0.4, -0.2) is 121 Å². The fourth-order valence-corrected chi connectivity index (χ4v) is 6.81. The Hall–Kier alpha value is -8.87. The first-order valence-corrected chi connectivity index (χ1v) is 26.2. The summed E-state index contributed by atoms with van der Waals surface area (Å²) in [6, 6.07) is 6.66. The van der Waals surface area contributed by atoms with E-state index >= 15 is 0 Å². The zero-order valence-corrected chi connectivity index (χ0v) is 46.0. The summed E-state index contributed by atoms with van der Waals surface area (Å²) in [5, 5.41) is 0. The predicted molar refractivity (Wildman–Crippen MR) is 296 cm³/mol. The number of hydrogen-bond acceptors (Lipinski definition) is 22. The van der Waals surface area contributed by atoms with Crippen molar-refractivity contribution < 1.29 is 105 Å². The normalized spacial score (nSPS) is 13.3. The SMILES string of the molecule is C=C=COOCCCOc1ccc(C=CC(=O)OC2CCC(OC(=O)C=Cc3ccc(OCCCOC(=O)C=C)c(OCCCOC(=O)C=C)c3OCCCOOC=C=C)CC2)c(OCCCOC(=O)C=C)c1OCCCOOC=C=C. The van der Waals surface area contributed by atoms with Gasteiger partial charge < -0.3 is 66.8 Å². The van der Waals surface area contributed by atoms with E-state index < -0.39 is 42.1 Å². The van der Waals surface area contributed by atoms with Gasteiger partial charge in [0.15, 0.2) is 41.8 Å². The number of benzene rings is 2. The van der Waals surface area contributed by atoms with E-state index in [4.69, 9.17) is 81.4 Å². The number of carbonyl (C=O) groups excluding carboxylic acids is 5. The van der Waals surface area contributed by atoms with Crippen LogP contribution in [0, 0.1) is 0 Å². The molecular formula is C60H72O22. The summed E-state index contributed by atoms with van der Waals surface area (Å²) in [6.07, 6.45) is 15.1. The number of esters is 5. The molecule has 0 N–H and O–H groups in total. The lowest BCUT2D eigenvalue weighted by Gasteiger charge is -2.27. The second-order valence-corrected chi connectivity index (χ2v) is 16.6. The summed E-state index contributed by atoms with van der Waals surface area (Å²) in [6.45, 7) is 21.9. The zero-order chi connectivity index (χ0) is 59.3. The summed E-state index contributed by atoms with van der Waals surface area (Å²) in [5.41, 5.74) is 8.19. The molecule has 444 valence electrons. The van der Waals surface area contributed by atoms with Crippen molar-refractivity contribution >= 4 is 42.0 Å². The van der Waals surface area contributed by atoms with Crippen LogP contribution in [0.2, 0.25) is 0 Å². The van der Waals surface area contributed by atoms with Crippen molar-refractivity contribution in [2.75, 3.05) is 79.3 Å². The Morgan fingerprint density at radius 1 is 0.402 bits per heavy atom. The molecule has 82 heavy (non-hydrogen) atoms. The van der Waals surface area contributed by atoms with Gasteiger partial charge in [-0.05, 0) is 62.1 Å². The van der Waals surface area contributed by atoms with Crippen molar-refractivity contribution in [1.29, 1.82) is 0 Å². The monoisotopic (exact) mass is 1140 g/mol. The second-order valence-electron chi connectivity index (χ2n) is 16.6. The number of carbonyl (C=O) groups is 5. The first-order chi connectivity index (χ1) is 40.1. The van der Waals surface area contributed by atoms with Gasteiger partial charge in [-0.25, -0.2) is 24.0 Å². The van der Waals surface area contributed by atoms with E-state index in [2.05, 4.69) is 56.7 Å². The Balaban J connectivity index is 1.75. The number of ether oxygens (including phenoxy) is 11. The maximum Gasteiger partial charge on any atom is 0.331 e. The highest BCUT2D eigenvalue weighted by Gasteiger charge is 2.26. The van der Waals surface area contributed by atoms with Gasteiger partial charge in [0.25, 0.3) is 0 Å². The maximum absolute atomic E-state index is 13.3. The average Bonchev–Trinajstić information content (AvgIpc) is 3.65. The standard InChI is InChI=1S/C60H72O22/c1-7-31-75-78-43-16-35-67-51-28-20-46(57(71-39-14-37-69-53(62)11-5)60(51)74-42-18-45-80-77-33-9-3)21-29-55(64)81-48-23-25-49(26-24-48)82-56(65)30-22-47-19-27-50(66-34-13-36-68-52(61)10-4)59(73-40-15-38-70-54(63)12-6)58(47)72-41-17-44-79-76-32-8-2/h10-12,19-22,27-33,48-49H,1-6,13-18,23-26,34-45H2. The molecule has 0 unspecified atom stereocenters. The summed E-state index contributed by atoms with van der Waals surface area (Å²) < 4.78 is 63.8. The highest BCUT2D eigenvalue weighted by atomic mass is 17.2. The van der Waals surface area contributed by atoms with Crippen LogP contribution in [0.4, 0.5) is 0 Å².